The first-order valence-corrected chi connectivity index (χ1v) is 10.5. The van der Waals surface area contributed by atoms with E-state index in [9.17, 15) is 19.8 Å². The van der Waals surface area contributed by atoms with Crippen molar-refractivity contribution in [3.63, 3.8) is 0 Å². The Morgan fingerprint density at radius 2 is 1.83 bits per heavy atom. The number of hydrogen-bond acceptors (Lipinski definition) is 4. The van der Waals surface area contributed by atoms with Gasteiger partial charge in [0.05, 0.1) is 17.7 Å². The average Bonchev–Trinajstić information content (AvgIpc) is 3.07. The number of rotatable bonds is 5. The molecule has 2 N–H and O–H groups in total. The summed E-state index contributed by atoms with van der Waals surface area (Å²) < 4.78 is 0. The third kappa shape index (κ3) is 4.87. The lowest BCUT2D eigenvalue weighted by atomic mass is 9.80. The molecule has 0 unspecified atom stereocenters. The molecule has 3 rings (SSSR count). The van der Waals surface area contributed by atoms with Crippen molar-refractivity contribution in [1.82, 2.24) is 0 Å². The molecule has 0 bridgehead atoms. The Balaban J connectivity index is 0.00000300. The van der Waals surface area contributed by atoms with Crippen LogP contribution in [0, 0.1) is 11.8 Å². The predicted octanol–water partition coefficient (Wildman–Crippen LogP) is 5.29. The summed E-state index contributed by atoms with van der Waals surface area (Å²) in [5.74, 6) is -1.32. The number of hydrogen-bond donors (Lipinski definition) is 2. The van der Waals surface area contributed by atoms with Crippen LogP contribution in [0.4, 0.5) is 5.69 Å². The summed E-state index contributed by atoms with van der Waals surface area (Å²) in [4.78, 5) is 27.8. The van der Waals surface area contributed by atoms with Crippen molar-refractivity contribution in [1.29, 1.82) is 0 Å². The number of carbonyl (C=O) groups is 2. The highest BCUT2D eigenvalue weighted by Gasteiger charge is 2.38. The highest BCUT2D eigenvalue weighted by Crippen LogP contribution is 2.39. The number of carboxylic acid groups (broad SMARTS) is 1. The Hall–Kier alpha value is -2.18. The Morgan fingerprint density at radius 1 is 1.17 bits per heavy atom. The molecule has 1 heterocycles. The molecule has 158 valence electrons. The number of aliphatic hydroxyl groups excluding tert-OH is 1. The smallest absolute Gasteiger partial charge is 0.348 e. The van der Waals surface area contributed by atoms with E-state index in [0.717, 1.165) is 16.9 Å². The van der Waals surface area contributed by atoms with Crippen molar-refractivity contribution in [2.24, 2.45) is 11.8 Å². The molecule has 1 amide bonds. The summed E-state index contributed by atoms with van der Waals surface area (Å²) in [6.07, 6.45) is 1.44. The minimum atomic E-state index is -1.04. The first-order chi connectivity index (χ1) is 13.3. The van der Waals surface area contributed by atoms with Crippen molar-refractivity contribution >= 4 is 28.9 Å². The maximum absolute atomic E-state index is 13.4. The molecule has 6 heteroatoms. The van der Waals surface area contributed by atoms with Crippen molar-refractivity contribution in [3.05, 3.63) is 41.3 Å². The van der Waals surface area contributed by atoms with E-state index < -0.39 is 18.0 Å². The highest BCUT2D eigenvalue weighted by molar-refractivity contribution is 7.18. The minimum Gasteiger partial charge on any atom is -0.477 e. The molecule has 3 atom stereocenters. The lowest BCUT2D eigenvalue weighted by molar-refractivity contribution is -0.128. The van der Waals surface area contributed by atoms with Crippen LogP contribution in [0.1, 0.15) is 57.1 Å². The van der Waals surface area contributed by atoms with E-state index >= 15 is 0 Å². The second-order valence-electron chi connectivity index (χ2n) is 7.89. The van der Waals surface area contributed by atoms with E-state index in [-0.39, 0.29) is 24.3 Å². The van der Waals surface area contributed by atoms with Gasteiger partial charge in [0, 0.05) is 10.9 Å². The van der Waals surface area contributed by atoms with Crippen LogP contribution in [0.25, 0.3) is 10.4 Å². The van der Waals surface area contributed by atoms with Crippen LogP contribution in [-0.4, -0.2) is 34.2 Å². The molecular formula is C23H31NO4S. The summed E-state index contributed by atoms with van der Waals surface area (Å²) in [5, 5.41) is 20.2. The quantitative estimate of drug-likeness (QED) is 0.693. The molecule has 1 fully saturated rings. The molecular weight excluding hydrogens is 386 g/mol. The molecule has 0 saturated heterocycles. The van der Waals surface area contributed by atoms with Gasteiger partial charge in [0.15, 0.2) is 0 Å². The van der Waals surface area contributed by atoms with Crippen LogP contribution in [0.2, 0.25) is 0 Å². The van der Waals surface area contributed by atoms with E-state index in [1.54, 1.807) is 11.0 Å². The number of thiophene rings is 1. The van der Waals surface area contributed by atoms with E-state index in [0.29, 0.717) is 24.4 Å². The van der Waals surface area contributed by atoms with E-state index in [1.165, 1.54) is 11.3 Å². The van der Waals surface area contributed by atoms with Crippen LogP contribution in [0.15, 0.2) is 36.4 Å². The summed E-state index contributed by atoms with van der Waals surface area (Å²) in [6.45, 7) is 5.83. The molecule has 0 spiro atoms. The van der Waals surface area contributed by atoms with Gasteiger partial charge in [0.2, 0.25) is 5.91 Å². The number of nitrogens with zero attached hydrogens (tertiary/aromatic N) is 1. The zero-order valence-corrected chi connectivity index (χ0v) is 17.3. The molecule has 0 radical (unpaired) electrons. The van der Waals surface area contributed by atoms with Gasteiger partial charge in [0.25, 0.3) is 0 Å². The number of aromatic carboxylic acids is 1. The van der Waals surface area contributed by atoms with E-state index in [2.05, 4.69) is 6.92 Å². The standard InChI is InChI=1S/C22H27NO4S.CH4/c1-13(2)23(21(25)16-10-9-14(3)11-18(16)24)17-12-19(28-20(17)22(26)27)15-7-5-4-6-8-15;/h4-8,12-14,16,18,24H,9-11H2,1-3H3,(H,26,27);1H4/t14-,16-,18+;/m0./s1. The van der Waals surface area contributed by atoms with Gasteiger partial charge >= 0.3 is 5.97 Å². The normalized spacial score (nSPS) is 21.5. The van der Waals surface area contributed by atoms with Gasteiger partial charge in [-0.25, -0.2) is 4.79 Å². The SMILES string of the molecule is C.CC(C)N(C(=O)[C@H]1CC[C@H](C)C[C@H]1O)c1cc(-c2ccccc2)sc1C(=O)O. The second-order valence-corrected chi connectivity index (χ2v) is 8.94. The lowest BCUT2D eigenvalue weighted by Gasteiger charge is -2.36. The Labute approximate surface area is 177 Å². The maximum Gasteiger partial charge on any atom is 0.348 e. The molecule has 0 aliphatic heterocycles. The highest BCUT2D eigenvalue weighted by atomic mass is 32.1. The van der Waals surface area contributed by atoms with Crippen LogP contribution in [-0.2, 0) is 4.79 Å². The molecule has 1 aliphatic rings. The van der Waals surface area contributed by atoms with Gasteiger partial charge in [-0.15, -0.1) is 11.3 Å². The number of carbonyl (C=O) groups excluding carboxylic acids is 1. The molecule has 1 saturated carbocycles. The number of amides is 1. The first-order valence-electron chi connectivity index (χ1n) is 9.73. The number of aliphatic hydroxyl groups is 1. The van der Waals surface area contributed by atoms with Crippen molar-refractivity contribution in [3.8, 4) is 10.4 Å². The average molecular weight is 418 g/mol. The Bertz CT molecular complexity index is 846. The predicted molar refractivity (Wildman–Crippen MR) is 119 cm³/mol. The number of carboxylic acids is 1. The van der Waals surface area contributed by atoms with Crippen LogP contribution < -0.4 is 4.90 Å². The summed E-state index contributed by atoms with van der Waals surface area (Å²) in [6, 6.07) is 11.1. The number of anilines is 1. The topological polar surface area (TPSA) is 77.8 Å². The second kappa shape index (κ2) is 9.55. The van der Waals surface area contributed by atoms with E-state index in [4.69, 9.17) is 0 Å². The molecule has 2 aromatic rings. The summed E-state index contributed by atoms with van der Waals surface area (Å²) >= 11 is 1.18. The lowest BCUT2D eigenvalue weighted by Crippen LogP contribution is -2.46. The Morgan fingerprint density at radius 3 is 2.38 bits per heavy atom. The fourth-order valence-corrected chi connectivity index (χ4v) is 4.92. The minimum absolute atomic E-state index is 0. The van der Waals surface area contributed by atoms with E-state index in [1.807, 2.05) is 44.2 Å². The maximum atomic E-state index is 13.4. The van der Waals surface area contributed by atoms with Gasteiger partial charge in [-0.05, 0) is 50.7 Å². The molecule has 5 nitrogen and oxygen atoms in total. The monoisotopic (exact) mass is 417 g/mol. The zero-order valence-electron chi connectivity index (χ0n) is 16.5. The summed E-state index contributed by atoms with van der Waals surface area (Å²) in [5.41, 5.74) is 1.34. The van der Waals surface area contributed by atoms with Gasteiger partial charge in [-0.3, -0.25) is 4.79 Å². The van der Waals surface area contributed by atoms with Crippen LogP contribution in [0.3, 0.4) is 0 Å². The largest absolute Gasteiger partial charge is 0.477 e. The van der Waals surface area contributed by atoms with Gasteiger partial charge in [0.1, 0.15) is 4.88 Å². The van der Waals surface area contributed by atoms with Crippen LogP contribution in [0.5, 0.6) is 0 Å². The Kier molecular flexibility index (Phi) is 7.60. The molecule has 1 aromatic heterocycles. The third-order valence-corrected chi connectivity index (χ3v) is 6.54. The van der Waals surface area contributed by atoms with Crippen molar-refractivity contribution in [2.75, 3.05) is 4.90 Å². The molecule has 1 aliphatic carbocycles. The van der Waals surface area contributed by atoms with Gasteiger partial charge in [-0.2, -0.15) is 0 Å². The molecule has 29 heavy (non-hydrogen) atoms. The third-order valence-electron chi connectivity index (χ3n) is 5.37. The van der Waals surface area contributed by atoms with Gasteiger partial charge < -0.3 is 15.1 Å². The number of benzene rings is 1. The van der Waals surface area contributed by atoms with Crippen molar-refractivity contribution in [2.45, 2.75) is 59.6 Å². The van der Waals surface area contributed by atoms with Crippen LogP contribution >= 0.6 is 11.3 Å². The van der Waals surface area contributed by atoms with Crippen molar-refractivity contribution < 1.29 is 19.8 Å². The fourth-order valence-electron chi connectivity index (χ4n) is 3.93. The molecule has 1 aromatic carbocycles. The summed E-state index contributed by atoms with van der Waals surface area (Å²) in [7, 11) is 0. The fraction of sp³-hybridized carbons (Fsp3) is 0.478. The first kappa shape index (κ1) is 23.1. The zero-order chi connectivity index (χ0) is 20.4. The van der Waals surface area contributed by atoms with Gasteiger partial charge in [-0.1, -0.05) is 44.7 Å².